The highest BCUT2D eigenvalue weighted by Gasteiger charge is 2.47. The van der Waals surface area contributed by atoms with Crippen LogP contribution in [0.3, 0.4) is 0 Å². The maximum Gasteiger partial charge on any atom is 0.264 e. The van der Waals surface area contributed by atoms with Crippen LogP contribution < -0.4 is 4.90 Å². The molecule has 1 saturated heterocycles. The molecule has 1 amide bonds. The summed E-state index contributed by atoms with van der Waals surface area (Å²) in [5.41, 5.74) is 1.05. The number of carbonyl (C=O) groups is 1. The van der Waals surface area contributed by atoms with E-state index >= 15 is 0 Å². The number of anilines is 1. The van der Waals surface area contributed by atoms with Crippen molar-refractivity contribution < 1.29 is 13.6 Å². The number of likely N-dealkylation sites (tertiary alicyclic amines) is 1. The van der Waals surface area contributed by atoms with Gasteiger partial charge < -0.3 is 9.80 Å². The van der Waals surface area contributed by atoms with Gasteiger partial charge in [0, 0.05) is 29.2 Å². The van der Waals surface area contributed by atoms with E-state index in [1.807, 2.05) is 12.1 Å². The topological polar surface area (TPSA) is 23.6 Å². The largest absolute Gasteiger partial charge is 0.307 e. The Hall–Kier alpha value is -1.98. The van der Waals surface area contributed by atoms with E-state index < -0.39 is 23.1 Å². The summed E-state index contributed by atoms with van der Waals surface area (Å²) in [4.78, 5) is 17.4. The Bertz CT molecular complexity index is 993. The summed E-state index contributed by atoms with van der Waals surface area (Å²) >= 11 is 6.34. The summed E-state index contributed by atoms with van der Waals surface area (Å²) in [5.74, 6) is -1.47. The minimum atomic E-state index is -0.825. The molecule has 2 aromatic rings. The van der Waals surface area contributed by atoms with Gasteiger partial charge in [0.15, 0.2) is 0 Å². The second-order valence-electron chi connectivity index (χ2n) is 9.73. The van der Waals surface area contributed by atoms with Gasteiger partial charge >= 0.3 is 0 Å². The predicted octanol–water partition coefficient (Wildman–Crippen LogP) is 6.19. The fourth-order valence-corrected chi connectivity index (χ4v) is 6.16. The van der Waals surface area contributed by atoms with Gasteiger partial charge in [-0.15, -0.1) is 0 Å². The van der Waals surface area contributed by atoms with E-state index in [4.69, 9.17) is 11.6 Å². The summed E-state index contributed by atoms with van der Waals surface area (Å²) in [5, 5.41) is 0.624. The van der Waals surface area contributed by atoms with E-state index in [9.17, 15) is 13.6 Å². The van der Waals surface area contributed by atoms with Gasteiger partial charge in [-0.3, -0.25) is 4.79 Å². The first-order valence-corrected chi connectivity index (χ1v) is 12.1. The van der Waals surface area contributed by atoms with Gasteiger partial charge in [-0.2, -0.15) is 0 Å². The highest BCUT2D eigenvalue weighted by atomic mass is 35.5. The Morgan fingerprint density at radius 3 is 2.41 bits per heavy atom. The van der Waals surface area contributed by atoms with Gasteiger partial charge in [0.25, 0.3) is 5.91 Å². The van der Waals surface area contributed by atoms with Crippen molar-refractivity contribution in [2.45, 2.75) is 50.4 Å². The van der Waals surface area contributed by atoms with Gasteiger partial charge in [0.1, 0.15) is 17.2 Å². The lowest BCUT2D eigenvalue weighted by Crippen LogP contribution is -2.47. The van der Waals surface area contributed by atoms with Crippen molar-refractivity contribution in [3.8, 4) is 0 Å². The summed E-state index contributed by atoms with van der Waals surface area (Å²) in [6.07, 6.45) is 8.54. The second kappa shape index (κ2) is 8.75. The van der Waals surface area contributed by atoms with Crippen LogP contribution in [0.4, 0.5) is 14.5 Å². The van der Waals surface area contributed by atoms with Crippen LogP contribution in [0.15, 0.2) is 36.4 Å². The highest BCUT2D eigenvalue weighted by Crippen LogP contribution is 2.48. The van der Waals surface area contributed by atoms with E-state index in [0.29, 0.717) is 11.6 Å². The van der Waals surface area contributed by atoms with Gasteiger partial charge in [-0.25, -0.2) is 8.78 Å². The third-order valence-corrected chi connectivity index (χ3v) is 7.99. The lowest BCUT2D eigenvalue weighted by Gasteiger charge is -2.41. The van der Waals surface area contributed by atoms with Crippen molar-refractivity contribution in [3.05, 3.63) is 64.2 Å². The van der Waals surface area contributed by atoms with E-state index in [2.05, 4.69) is 4.90 Å². The SMILES string of the molecule is O=C(c1c(F)cccc1F)N1CC2(CCN(CC3CCCCC3)CC2)c2cc(Cl)ccc21. The molecule has 32 heavy (non-hydrogen) atoms. The molecule has 6 heteroatoms. The molecule has 0 unspecified atom stereocenters. The van der Waals surface area contributed by atoms with E-state index in [1.165, 1.54) is 38.2 Å². The third kappa shape index (κ3) is 3.94. The molecule has 0 aromatic heterocycles. The molecular weight excluding hydrogens is 430 g/mol. The van der Waals surface area contributed by atoms with Crippen LogP contribution in [-0.4, -0.2) is 37.0 Å². The molecule has 170 valence electrons. The maximum absolute atomic E-state index is 14.4. The highest BCUT2D eigenvalue weighted by molar-refractivity contribution is 6.30. The fraction of sp³-hybridized carbons (Fsp3) is 0.500. The van der Waals surface area contributed by atoms with Gasteiger partial charge in [-0.05, 0) is 80.6 Å². The molecule has 3 nitrogen and oxygen atoms in total. The fourth-order valence-electron chi connectivity index (χ4n) is 5.99. The number of piperidine rings is 1. The van der Waals surface area contributed by atoms with Crippen molar-refractivity contribution in [3.63, 3.8) is 0 Å². The molecule has 1 saturated carbocycles. The van der Waals surface area contributed by atoms with Crippen LogP contribution in [-0.2, 0) is 5.41 Å². The molecule has 1 aliphatic carbocycles. The molecule has 1 spiro atoms. The molecule has 3 aliphatic rings. The van der Waals surface area contributed by atoms with Gasteiger partial charge in [0.05, 0.1) is 0 Å². The molecular formula is C26H29ClF2N2O. The summed E-state index contributed by atoms with van der Waals surface area (Å²) < 4.78 is 28.8. The lowest BCUT2D eigenvalue weighted by molar-refractivity contribution is 0.0963. The summed E-state index contributed by atoms with van der Waals surface area (Å²) in [7, 11) is 0. The third-order valence-electron chi connectivity index (χ3n) is 7.76. The Balaban J connectivity index is 1.39. The smallest absolute Gasteiger partial charge is 0.264 e. The second-order valence-corrected chi connectivity index (χ2v) is 10.2. The number of hydrogen-bond donors (Lipinski definition) is 0. The zero-order valence-electron chi connectivity index (χ0n) is 18.3. The standard InChI is InChI=1S/C26H29ClF2N2O/c27-19-9-10-23-20(15-19)26(11-13-30(14-12-26)16-18-5-2-1-3-6-18)17-31(23)25(32)24-21(28)7-4-8-22(24)29/h4,7-10,15,18H,1-3,5-6,11-14,16-17H2. The average Bonchev–Trinajstić information content (AvgIpc) is 3.09. The molecule has 2 aromatic carbocycles. The Morgan fingerprint density at radius 1 is 1.03 bits per heavy atom. The van der Waals surface area contributed by atoms with Crippen molar-refractivity contribution in [1.82, 2.24) is 4.90 Å². The number of hydrogen-bond acceptors (Lipinski definition) is 2. The van der Waals surface area contributed by atoms with Crippen LogP contribution in [0.25, 0.3) is 0 Å². The number of carbonyl (C=O) groups excluding carboxylic acids is 1. The van der Waals surface area contributed by atoms with E-state index in [-0.39, 0.29) is 5.41 Å². The monoisotopic (exact) mass is 458 g/mol. The van der Waals surface area contributed by atoms with Crippen molar-refractivity contribution in [1.29, 1.82) is 0 Å². The van der Waals surface area contributed by atoms with Crippen molar-refractivity contribution in [2.75, 3.05) is 31.1 Å². The van der Waals surface area contributed by atoms with E-state index in [1.54, 1.807) is 11.0 Å². The Morgan fingerprint density at radius 2 is 1.72 bits per heavy atom. The minimum Gasteiger partial charge on any atom is -0.307 e. The minimum absolute atomic E-state index is 0.222. The molecule has 0 N–H and O–H groups in total. The molecule has 0 radical (unpaired) electrons. The first-order chi connectivity index (χ1) is 15.5. The van der Waals surface area contributed by atoms with E-state index in [0.717, 1.165) is 61.8 Å². The zero-order valence-corrected chi connectivity index (χ0v) is 19.0. The molecule has 2 aliphatic heterocycles. The lowest BCUT2D eigenvalue weighted by atomic mass is 9.74. The molecule has 5 rings (SSSR count). The van der Waals surface area contributed by atoms with Crippen LogP contribution in [0.2, 0.25) is 5.02 Å². The van der Waals surface area contributed by atoms with Crippen LogP contribution in [0, 0.1) is 17.6 Å². The average molecular weight is 459 g/mol. The van der Waals surface area contributed by atoms with Gasteiger partial charge in [0.2, 0.25) is 0 Å². The van der Waals surface area contributed by atoms with Crippen molar-refractivity contribution >= 4 is 23.2 Å². The summed E-state index contributed by atoms with van der Waals surface area (Å²) in [6, 6.07) is 9.05. The Labute approximate surface area is 193 Å². The number of fused-ring (bicyclic) bond motifs is 2. The van der Waals surface area contributed by atoms with Crippen LogP contribution in [0.1, 0.15) is 60.9 Å². The van der Waals surface area contributed by atoms with Crippen LogP contribution >= 0.6 is 11.6 Å². The molecule has 2 heterocycles. The first-order valence-electron chi connectivity index (χ1n) is 11.8. The molecule has 0 atom stereocenters. The zero-order chi connectivity index (χ0) is 22.3. The number of amides is 1. The first kappa shape index (κ1) is 21.8. The molecule has 0 bridgehead atoms. The quantitative estimate of drug-likeness (QED) is 0.547. The Kier molecular flexibility index (Phi) is 5.98. The number of benzene rings is 2. The normalized spacial score (nSPS) is 21.2. The summed E-state index contributed by atoms with van der Waals surface area (Å²) in [6.45, 7) is 3.53. The number of halogens is 3. The predicted molar refractivity (Wildman–Crippen MR) is 123 cm³/mol. The molecule has 2 fully saturated rings. The van der Waals surface area contributed by atoms with Crippen LogP contribution in [0.5, 0.6) is 0 Å². The number of nitrogens with zero attached hydrogens (tertiary/aromatic N) is 2. The maximum atomic E-state index is 14.4. The number of rotatable bonds is 3. The van der Waals surface area contributed by atoms with Gasteiger partial charge in [-0.1, -0.05) is 36.9 Å². The van der Waals surface area contributed by atoms with Crippen molar-refractivity contribution in [2.24, 2.45) is 5.92 Å².